The molecule has 0 spiro atoms. The lowest BCUT2D eigenvalue weighted by atomic mass is 9.99. The summed E-state index contributed by atoms with van der Waals surface area (Å²) in [4.78, 5) is 29.3. The van der Waals surface area contributed by atoms with Gasteiger partial charge < -0.3 is 14.2 Å². The normalized spacial score (nSPS) is 14.7. The minimum absolute atomic E-state index is 0.00853. The molecule has 0 aliphatic carbocycles. The highest BCUT2D eigenvalue weighted by Gasteiger charge is 2.27. The Labute approximate surface area is 231 Å². The van der Waals surface area contributed by atoms with Crippen LogP contribution in [-0.4, -0.2) is 68.4 Å². The molecule has 1 aliphatic heterocycles. The molecule has 1 heterocycles. The highest BCUT2D eigenvalue weighted by molar-refractivity contribution is 5.95. The number of hydrogen-bond donors (Lipinski definition) is 0. The van der Waals surface area contributed by atoms with Crippen molar-refractivity contribution in [2.24, 2.45) is 0 Å². The third-order valence-corrected chi connectivity index (χ3v) is 7.28. The van der Waals surface area contributed by atoms with E-state index >= 15 is 0 Å². The molecule has 1 atom stereocenters. The predicted octanol–water partition coefficient (Wildman–Crippen LogP) is 5.18. The maximum atomic E-state index is 12.3. The molecule has 206 valence electrons. The van der Waals surface area contributed by atoms with E-state index in [0.717, 1.165) is 42.3 Å². The van der Waals surface area contributed by atoms with Crippen LogP contribution in [0.25, 0.3) is 0 Å². The zero-order chi connectivity index (χ0) is 27.8. The van der Waals surface area contributed by atoms with Gasteiger partial charge >= 0.3 is 0 Å². The molecule has 0 bridgehead atoms. The first-order valence-electron chi connectivity index (χ1n) is 13.3. The molecule has 7 heteroatoms. The van der Waals surface area contributed by atoms with Crippen LogP contribution in [-0.2, 0) is 17.8 Å². The van der Waals surface area contributed by atoms with Gasteiger partial charge in [0.25, 0.3) is 0 Å². The van der Waals surface area contributed by atoms with E-state index in [2.05, 4.69) is 34.1 Å². The lowest BCUT2D eigenvalue weighted by Gasteiger charge is -2.38. The molecule has 3 aromatic rings. The van der Waals surface area contributed by atoms with E-state index in [9.17, 15) is 9.59 Å². The highest BCUT2D eigenvalue weighted by Crippen LogP contribution is 2.32. The van der Waals surface area contributed by atoms with Crippen molar-refractivity contribution in [3.05, 3.63) is 94.5 Å². The Hall–Kier alpha value is -3.52. The predicted molar refractivity (Wildman–Crippen MR) is 152 cm³/mol. The number of carbonyl (C=O) groups excluding carboxylic acids is 2. The van der Waals surface area contributed by atoms with E-state index < -0.39 is 0 Å². The number of carbonyl (C=O) groups is 2. The second kappa shape index (κ2) is 13.5. The van der Waals surface area contributed by atoms with Gasteiger partial charge in [-0.15, -0.1) is 0 Å². The van der Waals surface area contributed by atoms with Crippen LogP contribution in [0.4, 0.5) is 0 Å². The van der Waals surface area contributed by atoms with Gasteiger partial charge in [-0.3, -0.25) is 19.4 Å². The number of benzene rings is 3. The van der Waals surface area contributed by atoms with Crippen LogP contribution < -0.4 is 9.47 Å². The lowest BCUT2D eigenvalue weighted by molar-refractivity contribution is 0.0196. The summed E-state index contributed by atoms with van der Waals surface area (Å²) in [5, 5.41) is 0. The van der Waals surface area contributed by atoms with E-state index in [4.69, 9.17) is 14.2 Å². The second-order valence-corrected chi connectivity index (χ2v) is 9.91. The highest BCUT2D eigenvalue weighted by atomic mass is 16.5. The van der Waals surface area contributed by atoms with Crippen LogP contribution >= 0.6 is 0 Å². The molecule has 4 rings (SSSR count). The monoisotopic (exact) mass is 530 g/mol. The van der Waals surface area contributed by atoms with Crippen LogP contribution in [0, 0.1) is 0 Å². The van der Waals surface area contributed by atoms with E-state index in [1.165, 1.54) is 5.56 Å². The van der Waals surface area contributed by atoms with Gasteiger partial charge in [-0.25, -0.2) is 0 Å². The van der Waals surface area contributed by atoms with Gasteiger partial charge in [-0.05, 0) is 55.8 Å². The topological polar surface area (TPSA) is 68.3 Å². The Morgan fingerprint density at radius 2 is 1.33 bits per heavy atom. The van der Waals surface area contributed by atoms with Crippen LogP contribution in [0.5, 0.6) is 11.5 Å². The summed E-state index contributed by atoms with van der Waals surface area (Å²) >= 11 is 0. The Morgan fingerprint density at radius 1 is 0.821 bits per heavy atom. The first-order chi connectivity index (χ1) is 18.9. The van der Waals surface area contributed by atoms with Gasteiger partial charge in [0.1, 0.15) is 11.5 Å². The molecule has 1 fully saturated rings. The zero-order valence-electron chi connectivity index (χ0n) is 23.3. The van der Waals surface area contributed by atoms with E-state index in [1.54, 1.807) is 40.2 Å². The van der Waals surface area contributed by atoms with Gasteiger partial charge in [0.05, 0.1) is 27.4 Å². The molecule has 1 aliphatic rings. The summed E-state index contributed by atoms with van der Waals surface area (Å²) in [7, 11) is 3.30. The van der Waals surface area contributed by atoms with E-state index in [0.29, 0.717) is 37.4 Å². The molecule has 0 unspecified atom stereocenters. The second-order valence-electron chi connectivity index (χ2n) is 9.91. The fourth-order valence-electron chi connectivity index (χ4n) is 5.09. The van der Waals surface area contributed by atoms with Crippen LogP contribution in [0.15, 0.2) is 66.7 Å². The summed E-state index contributed by atoms with van der Waals surface area (Å²) < 4.78 is 17.1. The maximum absolute atomic E-state index is 12.3. The van der Waals surface area contributed by atoms with Crippen molar-refractivity contribution >= 4 is 11.6 Å². The Kier molecular flexibility index (Phi) is 9.87. The Bertz CT molecular complexity index is 1200. The minimum Gasteiger partial charge on any atom is -0.496 e. The Balaban J connectivity index is 1.81. The quantitative estimate of drug-likeness (QED) is 0.299. The number of morpholine rings is 1. The summed E-state index contributed by atoms with van der Waals surface area (Å²) in [6, 6.07) is 21.7. The molecule has 7 nitrogen and oxygen atoms in total. The number of rotatable bonds is 12. The van der Waals surface area contributed by atoms with Gasteiger partial charge in [0.15, 0.2) is 11.6 Å². The smallest absolute Gasteiger partial charge is 0.159 e. The van der Waals surface area contributed by atoms with Gasteiger partial charge in [-0.2, -0.15) is 0 Å². The average Bonchev–Trinajstić information content (AvgIpc) is 2.96. The summed E-state index contributed by atoms with van der Waals surface area (Å²) in [6.07, 6.45) is 0. The zero-order valence-corrected chi connectivity index (χ0v) is 23.3. The number of hydrogen-bond acceptors (Lipinski definition) is 7. The number of methoxy groups -OCH3 is 2. The molecule has 0 radical (unpaired) electrons. The van der Waals surface area contributed by atoms with Gasteiger partial charge in [0.2, 0.25) is 0 Å². The summed E-state index contributed by atoms with van der Waals surface area (Å²) in [6.45, 7) is 8.17. The molecule has 0 amide bonds. The standard InChI is InChI=1S/C32H38N2O5/c1-23(35)26-10-12-31(37-3)28(18-26)20-34(21-29-19-27(24(2)36)11-13-32(29)38-4)30(25-8-6-5-7-9-25)22-33-14-16-39-17-15-33/h5-13,18-19,30H,14-17,20-22H2,1-4H3/t30-/m1/s1. The van der Waals surface area contributed by atoms with Gasteiger partial charge in [-0.1, -0.05) is 30.3 Å². The molecular formula is C32H38N2O5. The molecule has 0 aromatic heterocycles. The first-order valence-corrected chi connectivity index (χ1v) is 13.3. The minimum atomic E-state index is 0.00853. The molecule has 39 heavy (non-hydrogen) atoms. The van der Waals surface area contributed by atoms with Crippen molar-refractivity contribution in [3.8, 4) is 11.5 Å². The van der Waals surface area contributed by atoms with Crippen molar-refractivity contribution in [3.63, 3.8) is 0 Å². The number of nitrogens with zero attached hydrogens (tertiary/aromatic N) is 2. The number of ketones is 2. The molecule has 3 aromatic carbocycles. The van der Waals surface area contributed by atoms with Gasteiger partial charge in [0, 0.05) is 61.0 Å². The van der Waals surface area contributed by atoms with Crippen molar-refractivity contribution in [2.75, 3.05) is 47.1 Å². The fourth-order valence-corrected chi connectivity index (χ4v) is 5.09. The maximum Gasteiger partial charge on any atom is 0.159 e. The largest absolute Gasteiger partial charge is 0.496 e. The van der Waals surface area contributed by atoms with E-state index in [1.807, 2.05) is 30.3 Å². The molecule has 0 N–H and O–H groups in total. The average molecular weight is 531 g/mol. The number of Topliss-reactive ketones (excluding diaryl/α,β-unsaturated/α-hetero) is 2. The van der Waals surface area contributed by atoms with Crippen molar-refractivity contribution in [1.29, 1.82) is 0 Å². The van der Waals surface area contributed by atoms with Crippen molar-refractivity contribution in [1.82, 2.24) is 9.80 Å². The molecular weight excluding hydrogens is 492 g/mol. The van der Waals surface area contributed by atoms with E-state index in [-0.39, 0.29) is 17.6 Å². The van der Waals surface area contributed by atoms with Crippen LogP contribution in [0.3, 0.4) is 0 Å². The fraction of sp³-hybridized carbons (Fsp3) is 0.375. The molecule has 0 saturated carbocycles. The third kappa shape index (κ3) is 7.32. The molecule has 1 saturated heterocycles. The number of ether oxygens (including phenoxy) is 3. The third-order valence-electron chi connectivity index (χ3n) is 7.28. The lowest BCUT2D eigenvalue weighted by Crippen LogP contribution is -2.43. The van der Waals surface area contributed by atoms with Crippen molar-refractivity contribution in [2.45, 2.75) is 33.0 Å². The summed E-state index contributed by atoms with van der Waals surface area (Å²) in [5.74, 6) is 1.48. The Morgan fingerprint density at radius 3 is 1.79 bits per heavy atom. The summed E-state index contributed by atoms with van der Waals surface area (Å²) in [5.41, 5.74) is 4.33. The van der Waals surface area contributed by atoms with Crippen LogP contribution in [0.2, 0.25) is 0 Å². The SMILES string of the molecule is COc1ccc(C(C)=O)cc1CN(Cc1cc(C(C)=O)ccc1OC)[C@H](CN1CCOCC1)c1ccccc1. The van der Waals surface area contributed by atoms with Crippen molar-refractivity contribution < 1.29 is 23.8 Å². The van der Waals surface area contributed by atoms with Crippen LogP contribution in [0.1, 0.15) is 57.3 Å². The first kappa shape index (κ1) is 28.5.